The third kappa shape index (κ3) is 4.57. The lowest BCUT2D eigenvalue weighted by atomic mass is 9.99. The molecule has 1 atom stereocenters. The smallest absolute Gasteiger partial charge is 0.273 e. The topological polar surface area (TPSA) is 66.5 Å². The van der Waals surface area contributed by atoms with Crippen molar-refractivity contribution in [1.82, 2.24) is 5.32 Å². The first-order chi connectivity index (χ1) is 14.2. The molecule has 0 saturated carbocycles. The van der Waals surface area contributed by atoms with Gasteiger partial charge in [-0.1, -0.05) is 31.2 Å². The molecular formula is C23H26N2O3S2. The lowest BCUT2D eigenvalue weighted by Gasteiger charge is -2.20. The Hall–Kier alpha value is -2.64. The van der Waals surface area contributed by atoms with Gasteiger partial charge in [-0.25, -0.2) is 8.42 Å². The molecule has 0 saturated heterocycles. The number of sulfonamides is 1. The number of carbonyl (C=O) groups is 1. The molecule has 158 valence electrons. The van der Waals surface area contributed by atoms with Gasteiger partial charge >= 0.3 is 0 Å². The fraction of sp³-hybridized carbons (Fsp3) is 0.261. The van der Waals surface area contributed by atoms with Crippen molar-refractivity contribution in [1.29, 1.82) is 0 Å². The molecule has 0 bridgehead atoms. The van der Waals surface area contributed by atoms with Crippen LogP contribution in [0.5, 0.6) is 0 Å². The molecule has 0 spiro atoms. The van der Waals surface area contributed by atoms with Gasteiger partial charge in [-0.15, -0.1) is 11.3 Å². The molecule has 1 amide bonds. The predicted molar refractivity (Wildman–Crippen MR) is 123 cm³/mol. The average molecular weight is 443 g/mol. The number of nitrogens with one attached hydrogen (secondary N) is 1. The highest BCUT2D eigenvalue weighted by atomic mass is 32.2. The third-order valence-corrected chi connectivity index (χ3v) is 8.41. The number of rotatable bonds is 7. The number of nitrogens with zero attached hydrogens (tertiary/aromatic N) is 1. The van der Waals surface area contributed by atoms with Crippen LogP contribution in [0.25, 0.3) is 0 Å². The molecule has 30 heavy (non-hydrogen) atoms. The second-order valence-electron chi connectivity index (χ2n) is 7.23. The molecule has 0 radical (unpaired) electrons. The van der Waals surface area contributed by atoms with Crippen LogP contribution in [-0.2, 0) is 10.0 Å². The van der Waals surface area contributed by atoms with E-state index in [1.165, 1.54) is 33.8 Å². The summed E-state index contributed by atoms with van der Waals surface area (Å²) < 4.78 is 26.8. The molecule has 1 aromatic heterocycles. The van der Waals surface area contributed by atoms with Crippen LogP contribution in [0.4, 0.5) is 5.69 Å². The van der Waals surface area contributed by atoms with Crippen molar-refractivity contribution >= 4 is 33.0 Å². The van der Waals surface area contributed by atoms with Crippen LogP contribution in [0.15, 0.2) is 64.2 Å². The van der Waals surface area contributed by atoms with Crippen molar-refractivity contribution < 1.29 is 13.2 Å². The number of hydrogen-bond acceptors (Lipinski definition) is 4. The first-order valence-corrected chi connectivity index (χ1v) is 12.1. The summed E-state index contributed by atoms with van der Waals surface area (Å²) in [6, 6.07) is 16.0. The van der Waals surface area contributed by atoms with Gasteiger partial charge in [-0.3, -0.25) is 9.10 Å². The molecule has 0 fully saturated rings. The summed E-state index contributed by atoms with van der Waals surface area (Å²) >= 11 is 1.18. The monoisotopic (exact) mass is 442 g/mol. The highest BCUT2D eigenvalue weighted by Gasteiger charge is 2.22. The van der Waals surface area contributed by atoms with Crippen LogP contribution >= 0.6 is 11.3 Å². The van der Waals surface area contributed by atoms with Gasteiger partial charge in [0, 0.05) is 12.6 Å². The highest BCUT2D eigenvalue weighted by Crippen LogP contribution is 2.26. The van der Waals surface area contributed by atoms with Gasteiger partial charge in [-0.2, -0.15) is 0 Å². The number of carbonyl (C=O) groups excluding carboxylic acids is 1. The van der Waals surface area contributed by atoms with Crippen LogP contribution in [0.3, 0.4) is 0 Å². The Morgan fingerprint density at radius 3 is 2.33 bits per heavy atom. The van der Waals surface area contributed by atoms with E-state index in [4.69, 9.17) is 0 Å². The van der Waals surface area contributed by atoms with Crippen molar-refractivity contribution in [3.63, 3.8) is 0 Å². The molecule has 0 aliphatic carbocycles. The molecule has 1 N–H and O–H groups in total. The maximum atomic E-state index is 12.8. The fourth-order valence-corrected chi connectivity index (χ4v) is 5.51. The summed E-state index contributed by atoms with van der Waals surface area (Å²) in [7, 11) is -2.09. The van der Waals surface area contributed by atoms with Crippen molar-refractivity contribution in [2.24, 2.45) is 0 Å². The van der Waals surface area contributed by atoms with Crippen LogP contribution < -0.4 is 9.62 Å². The Bertz CT molecular complexity index is 1120. The Morgan fingerprint density at radius 2 is 1.77 bits per heavy atom. The number of anilines is 1. The molecule has 5 nitrogen and oxygen atoms in total. The average Bonchev–Trinajstić information content (AvgIpc) is 3.29. The Morgan fingerprint density at radius 1 is 1.07 bits per heavy atom. The lowest BCUT2D eigenvalue weighted by molar-refractivity contribution is 0.0935. The summed E-state index contributed by atoms with van der Waals surface area (Å²) in [5.74, 6) is -0.185. The zero-order chi connectivity index (χ0) is 21.9. The predicted octanol–water partition coefficient (Wildman–Crippen LogP) is 5.07. The van der Waals surface area contributed by atoms with E-state index in [0.29, 0.717) is 11.3 Å². The third-order valence-electron chi connectivity index (χ3n) is 5.25. The minimum Gasteiger partial charge on any atom is -0.345 e. The highest BCUT2D eigenvalue weighted by molar-refractivity contribution is 7.94. The molecule has 3 rings (SSSR count). The number of amides is 1. The van der Waals surface area contributed by atoms with Crippen LogP contribution in [0.2, 0.25) is 0 Å². The summed E-state index contributed by atoms with van der Waals surface area (Å²) in [5, 5.41) is 4.81. The van der Waals surface area contributed by atoms with E-state index < -0.39 is 10.0 Å². The Balaban J connectivity index is 1.75. The zero-order valence-electron chi connectivity index (χ0n) is 17.5. The van der Waals surface area contributed by atoms with E-state index in [2.05, 4.69) is 31.3 Å². The Kier molecular flexibility index (Phi) is 6.63. The zero-order valence-corrected chi connectivity index (χ0v) is 19.2. The number of aryl methyl sites for hydroxylation is 2. The van der Waals surface area contributed by atoms with Gasteiger partial charge in [0.25, 0.3) is 15.9 Å². The summed E-state index contributed by atoms with van der Waals surface area (Å²) in [6.45, 7) is 6.16. The SMILES string of the molecule is CC[C@H](NC(=O)c1ccc(N(C)S(=O)(=O)c2cccs2)cc1)c1ccc(C)c(C)c1. The normalized spacial score (nSPS) is 12.4. The second-order valence-corrected chi connectivity index (χ2v) is 10.4. The fourth-order valence-electron chi connectivity index (χ4n) is 3.15. The summed E-state index contributed by atoms with van der Waals surface area (Å²) in [6.07, 6.45) is 0.772. The van der Waals surface area contributed by atoms with Gasteiger partial charge in [-0.05, 0) is 72.7 Å². The van der Waals surface area contributed by atoms with Gasteiger partial charge < -0.3 is 5.32 Å². The second kappa shape index (κ2) is 9.02. The molecule has 0 aliphatic rings. The molecule has 7 heteroatoms. The van der Waals surface area contributed by atoms with E-state index in [9.17, 15) is 13.2 Å². The molecule has 3 aromatic rings. The summed E-state index contributed by atoms with van der Waals surface area (Å²) in [5.41, 5.74) is 4.48. The number of hydrogen-bond donors (Lipinski definition) is 1. The van der Waals surface area contributed by atoms with Crippen molar-refractivity contribution in [3.05, 3.63) is 82.2 Å². The molecular weight excluding hydrogens is 416 g/mol. The number of benzene rings is 2. The van der Waals surface area contributed by atoms with Gasteiger partial charge in [0.2, 0.25) is 0 Å². The first kappa shape index (κ1) is 22.1. The van der Waals surface area contributed by atoms with E-state index in [1.807, 2.05) is 13.0 Å². The van der Waals surface area contributed by atoms with Gasteiger partial charge in [0.15, 0.2) is 0 Å². The maximum absolute atomic E-state index is 12.8. The van der Waals surface area contributed by atoms with Crippen LogP contribution in [0.1, 0.15) is 46.4 Å². The van der Waals surface area contributed by atoms with Crippen molar-refractivity contribution in [2.45, 2.75) is 37.4 Å². The van der Waals surface area contributed by atoms with Crippen LogP contribution in [-0.4, -0.2) is 21.4 Å². The quantitative estimate of drug-likeness (QED) is 0.555. The molecule has 0 aliphatic heterocycles. The maximum Gasteiger partial charge on any atom is 0.273 e. The molecule has 1 heterocycles. The van der Waals surface area contributed by atoms with E-state index in [0.717, 1.165) is 12.0 Å². The number of thiophene rings is 1. The molecule has 2 aromatic carbocycles. The largest absolute Gasteiger partial charge is 0.345 e. The lowest BCUT2D eigenvalue weighted by Crippen LogP contribution is -2.28. The Labute approximate surface area is 182 Å². The van der Waals surface area contributed by atoms with Crippen molar-refractivity contribution in [2.75, 3.05) is 11.4 Å². The van der Waals surface area contributed by atoms with Gasteiger partial charge in [0.05, 0.1) is 11.7 Å². The van der Waals surface area contributed by atoms with Crippen molar-refractivity contribution in [3.8, 4) is 0 Å². The van der Waals surface area contributed by atoms with Gasteiger partial charge in [0.1, 0.15) is 4.21 Å². The standard InChI is InChI=1S/C23H26N2O3S2/c1-5-21(19-9-8-16(2)17(3)15-19)24-23(26)18-10-12-20(13-11-18)25(4)30(27,28)22-7-6-14-29-22/h6-15,21H,5H2,1-4H3,(H,24,26)/t21-/m0/s1. The van der Waals surface area contributed by atoms with Crippen LogP contribution in [0, 0.1) is 13.8 Å². The minimum absolute atomic E-state index is 0.0849. The first-order valence-electron chi connectivity index (χ1n) is 9.74. The summed E-state index contributed by atoms with van der Waals surface area (Å²) in [4.78, 5) is 12.8. The molecule has 0 unspecified atom stereocenters. The van der Waals surface area contributed by atoms with E-state index in [1.54, 1.807) is 41.8 Å². The van der Waals surface area contributed by atoms with E-state index >= 15 is 0 Å². The van der Waals surface area contributed by atoms with E-state index in [-0.39, 0.29) is 16.2 Å². The minimum atomic E-state index is -3.60.